The van der Waals surface area contributed by atoms with Crippen LogP contribution in [0.4, 0.5) is 4.79 Å². The van der Waals surface area contributed by atoms with Crippen LogP contribution in [0.5, 0.6) is 0 Å². The minimum Gasteiger partial charge on any atom is -0.444 e. The number of carbonyl (C=O) groups is 2. The molecule has 1 unspecified atom stereocenters. The van der Waals surface area contributed by atoms with Gasteiger partial charge in [0.2, 0.25) is 0 Å². The Morgan fingerprint density at radius 3 is 2.35 bits per heavy atom. The van der Waals surface area contributed by atoms with Gasteiger partial charge in [0.05, 0.1) is 0 Å². The van der Waals surface area contributed by atoms with Crippen molar-refractivity contribution in [3.05, 3.63) is 42.0 Å². The minimum absolute atomic E-state index is 0.521. The van der Waals surface area contributed by atoms with Crippen molar-refractivity contribution in [2.75, 3.05) is 7.05 Å². The van der Waals surface area contributed by atoms with E-state index in [4.69, 9.17) is 4.74 Å². The summed E-state index contributed by atoms with van der Waals surface area (Å²) in [6.45, 7) is 5.36. The van der Waals surface area contributed by atoms with Crippen molar-refractivity contribution in [2.45, 2.75) is 32.4 Å². The lowest BCUT2D eigenvalue weighted by Crippen LogP contribution is -2.40. The summed E-state index contributed by atoms with van der Waals surface area (Å²) in [5.74, 6) is 0. The lowest BCUT2D eigenvalue weighted by atomic mass is 10.1. The number of carbonyl (C=O) groups excluding carboxylic acids is 2. The molecule has 1 aromatic rings. The Morgan fingerprint density at radius 2 is 1.85 bits per heavy atom. The zero-order valence-corrected chi connectivity index (χ0v) is 12.4. The van der Waals surface area contributed by atoms with E-state index in [1.165, 1.54) is 4.90 Å². The van der Waals surface area contributed by atoms with Crippen LogP contribution in [0.25, 0.3) is 6.08 Å². The van der Waals surface area contributed by atoms with Crippen LogP contribution in [0.3, 0.4) is 0 Å². The van der Waals surface area contributed by atoms with Crippen LogP contribution in [0.2, 0.25) is 0 Å². The van der Waals surface area contributed by atoms with Gasteiger partial charge in [-0.1, -0.05) is 42.5 Å². The lowest BCUT2D eigenvalue weighted by Gasteiger charge is -2.26. The third-order valence-corrected chi connectivity index (χ3v) is 2.55. The van der Waals surface area contributed by atoms with Gasteiger partial charge in [-0.15, -0.1) is 0 Å². The second-order valence-electron chi connectivity index (χ2n) is 5.49. The molecule has 0 aliphatic carbocycles. The maximum absolute atomic E-state index is 11.9. The summed E-state index contributed by atoms with van der Waals surface area (Å²) in [6, 6.07) is 8.93. The predicted octanol–water partition coefficient (Wildman–Crippen LogP) is 3.13. The van der Waals surface area contributed by atoms with Crippen LogP contribution in [0.15, 0.2) is 36.4 Å². The highest BCUT2D eigenvalue weighted by atomic mass is 16.6. The fourth-order valence-corrected chi connectivity index (χ4v) is 1.50. The standard InChI is InChI=1S/C16H21NO3/c1-16(2,3)20-15(19)17(4)14(12-18)11-10-13-8-6-5-7-9-13/h5-12,14H,1-4H3/b11-10+. The van der Waals surface area contributed by atoms with Gasteiger partial charge < -0.3 is 9.53 Å². The van der Waals surface area contributed by atoms with Gasteiger partial charge in [0.25, 0.3) is 0 Å². The highest BCUT2D eigenvalue weighted by molar-refractivity contribution is 5.76. The Labute approximate surface area is 120 Å². The van der Waals surface area contributed by atoms with E-state index < -0.39 is 17.7 Å². The molecule has 0 radical (unpaired) electrons. The number of hydrogen-bond acceptors (Lipinski definition) is 3. The molecule has 0 bridgehead atoms. The quantitative estimate of drug-likeness (QED) is 0.793. The molecular formula is C16H21NO3. The molecule has 0 aliphatic rings. The zero-order chi connectivity index (χ0) is 15.2. The number of likely N-dealkylation sites (N-methyl/N-ethyl adjacent to an activating group) is 1. The van der Waals surface area contributed by atoms with E-state index in [9.17, 15) is 9.59 Å². The zero-order valence-electron chi connectivity index (χ0n) is 12.4. The molecule has 0 N–H and O–H groups in total. The van der Waals surface area contributed by atoms with Gasteiger partial charge in [-0.25, -0.2) is 4.79 Å². The average Bonchev–Trinajstić information content (AvgIpc) is 2.38. The second-order valence-corrected chi connectivity index (χ2v) is 5.49. The molecule has 108 valence electrons. The third-order valence-electron chi connectivity index (χ3n) is 2.55. The molecule has 0 saturated heterocycles. The Balaban J connectivity index is 2.73. The lowest BCUT2D eigenvalue weighted by molar-refractivity contribution is -0.110. The molecule has 1 aromatic carbocycles. The first kappa shape index (κ1) is 16.0. The number of hydrogen-bond donors (Lipinski definition) is 0. The number of amides is 1. The van der Waals surface area contributed by atoms with Crippen LogP contribution in [-0.4, -0.2) is 36.0 Å². The van der Waals surface area contributed by atoms with E-state index in [1.54, 1.807) is 40.0 Å². The summed E-state index contributed by atoms with van der Waals surface area (Å²) >= 11 is 0. The molecule has 4 nitrogen and oxygen atoms in total. The molecule has 0 spiro atoms. The van der Waals surface area contributed by atoms with Gasteiger partial charge in [-0.2, -0.15) is 0 Å². The number of ether oxygens (including phenoxy) is 1. The first-order valence-corrected chi connectivity index (χ1v) is 6.48. The Bertz CT molecular complexity index is 474. The summed E-state index contributed by atoms with van der Waals surface area (Å²) < 4.78 is 5.23. The van der Waals surface area contributed by atoms with E-state index in [2.05, 4.69) is 0 Å². The van der Waals surface area contributed by atoms with Gasteiger partial charge >= 0.3 is 6.09 Å². The monoisotopic (exact) mass is 275 g/mol. The number of rotatable bonds is 4. The minimum atomic E-state index is -0.648. The molecule has 20 heavy (non-hydrogen) atoms. The van der Waals surface area contributed by atoms with Crippen molar-refractivity contribution in [3.63, 3.8) is 0 Å². The van der Waals surface area contributed by atoms with Gasteiger partial charge in [0.1, 0.15) is 17.9 Å². The summed E-state index contributed by atoms with van der Waals surface area (Å²) in [7, 11) is 1.54. The SMILES string of the molecule is CN(C(=O)OC(C)(C)C)C(C=O)/C=C/c1ccccc1. The first-order chi connectivity index (χ1) is 9.33. The predicted molar refractivity (Wildman–Crippen MR) is 79.3 cm³/mol. The van der Waals surface area contributed by atoms with E-state index in [-0.39, 0.29) is 0 Å². The Morgan fingerprint density at radius 1 is 1.25 bits per heavy atom. The molecule has 0 aliphatic heterocycles. The second kappa shape index (κ2) is 6.89. The summed E-state index contributed by atoms with van der Waals surface area (Å²) in [6.07, 6.45) is 3.67. The van der Waals surface area contributed by atoms with Gasteiger partial charge in [-0.3, -0.25) is 4.90 Å². The molecule has 0 aromatic heterocycles. The molecule has 1 amide bonds. The molecule has 0 saturated carbocycles. The number of nitrogens with zero attached hydrogens (tertiary/aromatic N) is 1. The third kappa shape index (κ3) is 5.26. The normalized spacial score (nSPS) is 13.0. The van der Waals surface area contributed by atoms with E-state index in [0.29, 0.717) is 6.29 Å². The summed E-state index contributed by atoms with van der Waals surface area (Å²) in [5, 5.41) is 0. The van der Waals surface area contributed by atoms with E-state index in [1.807, 2.05) is 30.3 Å². The maximum atomic E-state index is 11.9. The molecule has 0 heterocycles. The van der Waals surface area contributed by atoms with E-state index >= 15 is 0 Å². The fourth-order valence-electron chi connectivity index (χ4n) is 1.50. The van der Waals surface area contributed by atoms with Crippen LogP contribution in [0.1, 0.15) is 26.3 Å². The van der Waals surface area contributed by atoms with Crippen molar-refractivity contribution in [3.8, 4) is 0 Å². The van der Waals surface area contributed by atoms with Crippen LogP contribution >= 0.6 is 0 Å². The molecular weight excluding hydrogens is 254 g/mol. The van der Waals surface area contributed by atoms with Crippen molar-refractivity contribution in [2.24, 2.45) is 0 Å². The van der Waals surface area contributed by atoms with Crippen molar-refractivity contribution >= 4 is 18.5 Å². The Hall–Kier alpha value is -2.10. The van der Waals surface area contributed by atoms with Gasteiger partial charge in [-0.05, 0) is 26.3 Å². The number of aldehydes is 1. The molecule has 1 atom stereocenters. The van der Waals surface area contributed by atoms with Crippen LogP contribution in [-0.2, 0) is 9.53 Å². The average molecular weight is 275 g/mol. The molecule has 0 fully saturated rings. The van der Waals surface area contributed by atoms with Crippen molar-refractivity contribution < 1.29 is 14.3 Å². The van der Waals surface area contributed by atoms with E-state index in [0.717, 1.165) is 5.56 Å². The Kier molecular flexibility index (Phi) is 5.50. The van der Waals surface area contributed by atoms with Crippen LogP contribution < -0.4 is 0 Å². The smallest absolute Gasteiger partial charge is 0.410 e. The van der Waals surface area contributed by atoms with Crippen molar-refractivity contribution in [1.82, 2.24) is 4.90 Å². The molecule has 1 rings (SSSR count). The largest absolute Gasteiger partial charge is 0.444 e. The topological polar surface area (TPSA) is 46.6 Å². The first-order valence-electron chi connectivity index (χ1n) is 6.48. The maximum Gasteiger partial charge on any atom is 0.410 e. The molecule has 4 heteroatoms. The fraction of sp³-hybridized carbons (Fsp3) is 0.375. The summed E-state index contributed by atoms with van der Waals surface area (Å²) in [5.41, 5.74) is 0.388. The van der Waals surface area contributed by atoms with Gasteiger partial charge in [0.15, 0.2) is 0 Å². The number of benzene rings is 1. The highest BCUT2D eigenvalue weighted by Crippen LogP contribution is 2.11. The van der Waals surface area contributed by atoms with Gasteiger partial charge in [0, 0.05) is 7.05 Å². The van der Waals surface area contributed by atoms with Crippen LogP contribution in [0, 0.1) is 0 Å². The summed E-state index contributed by atoms with van der Waals surface area (Å²) in [4.78, 5) is 24.3. The van der Waals surface area contributed by atoms with Crippen molar-refractivity contribution in [1.29, 1.82) is 0 Å². The highest BCUT2D eigenvalue weighted by Gasteiger charge is 2.23.